The van der Waals surface area contributed by atoms with Crippen molar-refractivity contribution in [1.29, 1.82) is 0 Å². The van der Waals surface area contributed by atoms with Crippen LogP contribution in [0.3, 0.4) is 0 Å². The number of hydrogen-bond donors (Lipinski definition) is 1. The summed E-state index contributed by atoms with van der Waals surface area (Å²) in [6.45, 7) is 5.10. The van der Waals surface area contributed by atoms with Crippen LogP contribution in [0, 0.1) is 0 Å². The molecule has 1 saturated heterocycles. The third-order valence-corrected chi connectivity index (χ3v) is 4.84. The van der Waals surface area contributed by atoms with Gasteiger partial charge in [-0.25, -0.2) is 13.8 Å². The van der Waals surface area contributed by atoms with Crippen molar-refractivity contribution < 1.29 is 13.6 Å². The fourth-order valence-electron chi connectivity index (χ4n) is 3.31. The number of carbonyl (C=O) groups excluding carboxylic acids is 1. The highest BCUT2D eigenvalue weighted by Gasteiger charge is 2.27. The second-order valence-electron chi connectivity index (χ2n) is 6.21. The van der Waals surface area contributed by atoms with Crippen molar-refractivity contribution in [3.8, 4) is 0 Å². The van der Waals surface area contributed by atoms with E-state index in [1.807, 2.05) is 0 Å². The van der Waals surface area contributed by atoms with E-state index in [0.717, 1.165) is 32.5 Å². The van der Waals surface area contributed by atoms with Crippen LogP contribution in [0.1, 0.15) is 42.4 Å². The lowest BCUT2D eigenvalue weighted by Gasteiger charge is -2.36. The van der Waals surface area contributed by atoms with Gasteiger partial charge < -0.3 is 14.8 Å². The molecule has 0 aliphatic carbocycles. The number of alkyl halides is 2. The fourth-order valence-corrected chi connectivity index (χ4v) is 3.31. The van der Waals surface area contributed by atoms with Crippen LogP contribution < -0.4 is 0 Å². The van der Waals surface area contributed by atoms with Gasteiger partial charge in [0.15, 0.2) is 5.82 Å². The highest BCUT2D eigenvalue weighted by molar-refractivity contribution is 6.04. The molecule has 1 fully saturated rings. The summed E-state index contributed by atoms with van der Waals surface area (Å²) in [5.41, 5.74) is 1.15. The average molecular weight is 336 g/mol. The topological polar surface area (TPSA) is 52.2 Å². The number of halogens is 2. The lowest BCUT2D eigenvalue weighted by Crippen LogP contribution is -2.45. The number of amides is 1. The number of aromatic amines is 1. The summed E-state index contributed by atoms with van der Waals surface area (Å²) in [5, 5.41) is 0. The number of nitrogens with zero attached hydrogens (tertiary/aromatic N) is 3. The zero-order chi connectivity index (χ0) is 17.3. The first-order valence-electron chi connectivity index (χ1n) is 8.27. The number of para-hydroxylation sites is 1. The second kappa shape index (κ2) is 6.84. The van der Waals surface area contributed by atoms with E-state index in [1.165, 1.54) is 0 Å². The molecule has 1 aliphatic heterocycles. The number of H-pyrrole nitrogens is 1. The predicted octanol–water partition coefficient (Wildman–Crippen LogP) is 3.06. The molecule has 1 aromatic carbocycles. The first-order valence-corrected chi connectivity index (χ1v) is 8.27. The van der Waals surface area contributed by atoms with Gasteiger partial charge in [-0.2, -0.15) is 0 Å². The van der Waals surface area contributed by atoms with Gasteiger partial charge in [0.25, 0.3) is 12.3 Å². The van der Waals surface area contributed by atoms with Crippen LogP contribution in [-0.2, 0) is 0 Å². The number of nitrogens with one attached hydrogen (secondary N) is 1. The van der Waals surface area contributed by atoms with Gasteiger partial charge in [-0.1, -0.05) is 13.0 Å². The molecule has 1 aromatic heterocycles. The fraction of sp³-hybridized carbons (Fsp3) is 0.529. The molecule has 0 radical (unpaired) electrons. The van der Waals surface area contributed by atoms with E-state index in [2.05, 4.69) is 21.8 Å². The lowest BCUT2D eigenvalue weighted by molar-refractivity contribution is 0.0648. The molecule has 0 atom stereocenters. The van der Waals surface area contributed by atoms with E-state index in [0.29, 0.717) is 16.6 Å². The van der Waals surface area contributed by atoms with Crippen molar-refractivity contribution in [2.24, 2.45) is 0 Å². The Balaban J connectivity index is 1.83. The minimum Gasteiger partial charge on any atom is -0.339 e. The van der Waals surface area contributed by atoms with E-state index in [1.54, 1.807) is 30.1 Å². The highest BCUT2D eigenvalue weighted by atomic mass is 19.3. The number of piperidine rings is 1. The van der Waals surface area contributed by atoms with E-state index in [-0.39, 0.29) is 11.9 Å². The smallest absolute Gasteiger partial charge is 0.295 e. The van der Waals surface area contributed by atoms with Crippen LogP contribution in [0.5, 0.6) is 0 Å². The van der Waals surface area contributed by atoms with Gasteiger partial charge in [0.1, 0.15) is 5.52 Å². The first-order chi connectivity index (χ1) is 11.5. The molecule has 1 aliphatic rings. The van der Waals surface area contributed by atoms with Gasteiger partial charge in [-0.3, -0.25) is 4.79 Å². The predicted molar refractivity (Wildman–Crippen MR) is 88.3 cm³/mol. The van der Waals surface area contributed by atoms with Crippen molar-refractivity contribution in [1.82, 2.24) is 19.8 Å². The quantitative estimate of drug-likeness (QED) is 0.934. The monoisotopic (exact) mass is 336 g/mol. The molecule has 1 N–H and O–H groups in total. The summed E-state index contributed by atoms with van der Waals surface area (Å²) < 4.78 is 25.7. The maximum Gasteiger partial charge on any atom is 0.295 e. The van der Waals surface area contributed by atoms with Crippen molar-refractivity contribution in [2.45, 2.75) is 32.2 Å². The summed E-state index contributed by atoms with van der Waals surface area (Å²) in [6.07, 6.45) is -0.833. The van der Waals surface area contributed by atoms with Crippen LogP contribution in [0.4, 0.5) is 8.78 Å². The molecule has 0 spiro atoms. The molecule has 24 heavy (non-hydrogen) atoms. The van der Waals surface area contributed by atoms with Crippen molar-refractivity contribution in [3.63, 3.8) is 0 Å². The number of benzene rings is 1. The SMILES string of the molecule is CCN1CCC(N(C)C(=O)c2cccc3[nH]c(C(F)F)nc23)CC1. The number of rotatable bonds is 4. The van der Waals surface area contributed by atoms with Crippen molar-refractivity contribution in [3.05, 3.63) is 29.6 Å². The molecule has 1 amide bonds. The number of carbonyl (C=O) groups is 1. The minimum atomic E-state index is -2.68. The van der Waals surface area contributed by atoms with Gasteiger partial charge in [-0.15, -0.1) is 0 Å². The van der Waals surface area contributed by atoms with Crippen LogP contribution in [0.15, 0.2) is 18.2 Å². The van der Waals surface area contributed by atoms with E-state index < -0.39 is 12.2 Å². The van der Waals surface area contributed by atoms with E-state index in [9.17, 15) is 13.6 Å². The molecule has 0 unspecified atom stereocenters. The number of hydrogen-bond acceptors (Lipinski definition) is 3. The molecule has 130 valence electrons. The number of imidazole rings is 1. The minimum absolute atomic E-state index is 0.164. The molecule has 7 heteroatoms. The zero-order valence-electron chi connectivity index (χ0n) is 13.9. The number of fused-ring (bicyclic) bond motifs is 1. The second-order valence-corrected chi connectivity index (χ2v) is 6.21. The molecule has 2 aromatic rings. The summed E-state index contributed by atoms with van der Waals surface area (Å²) in [7, 11) is 1.79. The summed E-state index contributed by atoms with van der Waals surface area (Å²) in [4.78, 5) is 23.5. The summed E-state index contributed by atoms with van der Waals surface area (Å²) in [6, 6.07) is 5.17. The molecule has 0 bridgehead atoms. The van der Waals surface area contributed by atoms with Crippen LogP contribution in [0.25, 0.3) is 11.0 Å². The Kier molecular flexibility index (Phi) is 4.80. The Morgan fingerprint density at radius 3 is 2.75 bits per heavy atom. The Labute approximate surface area is 139 Å². The largest absolute Gasteiger partial charge is 0.339 e. The van der Waals surface area contributed by atoms with E-state index in [4.69, 9.17) is 0 Å². The maximum absolute atomic E-state index is 12.9. The normalized spacial score (nSPS) is 16.9. The lowest BCUT2D eigenvalue weighted by atomic mass is 10.0. The average Bonchev–Trinajstić information content (AvgIpc) is 3.05. The molecular formula is C17H22F2N4O. The van der Waals surface area contributed by atoms with Crippen molar-refractivity contribution in [2.75, 3.05) is 26.7 Å². The highest BCUT2D eigenvalue weighted by Crippen LogP contribution is 2.24. The third kappa shape index (κ3) is 3.13. The maximum atomic E-state index is 12.9. The van der Waals surface area contributed by atoms with Crippen LogP contribution in [-0.4, -0.2) is 58.4 Å². The van der Waals surface area contributed by atoms with Crippen LogP contribution in [0.2, 0.25) is 0 Å². The van der Waals surface area contributed by atoms with Gasteiger partial charge in [-0.05, 0) is 31.5 Å². The Hall–Kier alpha value is -2.02. The van der Waals surface area contributed by atoms with Gasteiger partial charge >= 0.3 is 0 Å². The molecule has 2 heterocycles. The zero-order valence-corrected chi connectivity index (χ0v) is 13.9. The number of likely N-dealkylation sites (tertiary alicyclic amines) is 1. The van der Waals surface area contributed by atoms with Crippen LogP contribution >= 0.6 is 0 Å². The summed E-state index contributed by atoms with van der Waals surface area (Å²) >= 11 is 0. The third-order valence-electron chi connectivity index (χ3n) is 4.84. The van der Waals surface area contributed by atoms with Gasteiger partial charge in [0.2, 0.25) is 0 Å². The molecule has 3 rings (SSSR count). The molecule has 0 saturated carbocycles. The van der Waals surface area contributed by atoms with Crippen molar-refractivity contribution >= 4 is 16.9 Å². The summed E-state index contributed by atoms with van der Waals surface area (Å²) in [5.74, 6) is -0.563. The van der Waals surface area contributed by atoms with Gasteiger partial charge in [0, 0.05) is 26.2 Å². The first kappa shape index (κ1) is 16.8. The molecule has 5 nitrogen and oxygen atoms in total. The molecular weight excluding hydrogens is 314 g/mol. The Morgan fingerprint density at radius 1 is 1.42 bits per heavy atom. The van der Waals surface area contributed by atoms with Gasteiger partial charge in [0.05, 0.1) is 11.1 Å². The van der Waals surface area contributed by atoms with E-state index >= 15 is 0 Å². The standard InChI is InChI=1S/C17H22F2N4O/c1-3-23-9-7-11(8-10-23)22(2)17(24)12-5-4-6-13-14(12)21-16(20-13)15(18)19/h4-6,11,15H,3,7-10H2,1-2H3,(H,20,21). The Morgan fingerprint density at radius 2 is 2.12 bits per heavy atom. The number of aromatic nitrogens is 2. The Bertz CT molecular complexity index is 722.